The molecule has 3 heterocycles. The van der Waals surface area contributed by atoms with E-state index in [-0.39, 0.29) is 0 Å². The summed E-state index contributed by atoms with van der Waals surface area (Å²) in [7, 11) is 0. The lowest BCUT2D eigenvalue weighted by atomic mass is 10.1. The molecule has 0 saturated carbocycles. The van der Waals surface area contributed by atoms with Gasteiger partial charge in [-0.1, -0.05) is 19.4 Å². The van der Waals surface area contributed by atoms with Gasteiger partial charge in [0.25, 0.3) is 0 Å². The smallest absolute Gasteiger partial charge is 0.157 e. The number of fused-ring (bicyclic) bond motifs is 1. The molecule has 1 N–H and O–H groups in total. The summed E-state index contributed by atoms with van der Waals surface area (Å²) < 4.78 is 1.86. The standard InChI is InChI=1S/C15H18N4S/c1-3-5-12(13-6-4-7-20-13)18-15-9-11(2)8-14-16-10-17-19(14)15/h4,6-10,12,18H,3,5H2,1-2H3. The van der Waals surface area contributed by atoms with Crippen LogP contribution < -0.4 is 5.32 Å². The van der Waals surface area contributed by atoms with E-state index in [1.54, 1.807) is 17.7 Å². The van der Waals surface area contributed by atoms with E-state index < -0.39 is 0 Å². The summed E-state index contributed by atoms with van der Waals surface area (Å²) in [6, 6.07) is 8.78. The van der Waals surface area contributed by atoms with Crippen molar-refractivity contribution in [1.82, 2.24) is 14.6 Å². The summed E-state index contributed by atoms with van der Waals surface area (Å²) >= 11 is 1.79. The van der Waals surface area contributed by atoms with Gasteiger partial charge in [-0.3, -0.25) is 0 Å². The van der Waals surface area contributed by atoms with Gasteiger partial charge in [-0.25, -0.2) is 4.98 Å². The first-order valence-electron chi connectivity index (χ1n) is 6.88. The average molecular weight is 286 g/mol. The van der Waals surface area contributed by atoms with Gasteiger partial charge < -0.3 is 5.32 Å². The molecule has 3 aromatic rings. The number of rotatable bonds is 5. The van der Waals surface area contributed by atoms with Crippen molar-refractivity contribution < 1.29 is 0 Å². The lowest BCUT2D eigenvalue weighted by Crippen LogP contribution is -2.12. The van der Waals surface area contributed by atoms with Gasteiger partial charge in [0.1, 0.15) is 12.1 Å². The molecule has 0 saturated heterocycles. The third-order valence-electron chi connectivity index (χ3n) is 3.31. The van der Waals surface area contributed by atoms with Crippen LogP contribution in [0, 0.1) is 6.92 Å². The van der Waals surface area contributed by atoms with Crippen molar-refractivity contribution >= 4 is 22.8 Å². The molecule has 0 aliphatic rings. The zero-order valence-corrected chi connectivity index (χ0v) is 12.5. The van der Waals surface area contributed by atoms with E-state index in [4.69, 9.17) is 0 Å². The average Bonchev–Trinajstić information content (AvgIpc) is 3.08. The topological polar surface area (TPSA) is 42.2 Å². The van der Waals surface area contributed by atoms with Crippen LogP contribution in [0.25, 0.3) is 5.65 Å². The molecule has 1 unspecified atom stereocenters. The molecule has 0 aromatic carbocycles. The van der Waals surface area contributed by atoms with Gasteiger partial charge in [0.15, 0.2) is 5.65 Å². The van der Waals surface area contributed by atoms with E-state index in [0.29, 0.717) is 6.04 Å². The second-order valence-electron chi connectivity index (χ2n) is 4.95. The first-order chi connectivity index (χ1) is 9.78. The van der Waals surface area contributed by atoms with Crippen LogP contribution in [-0.4, -0.2) is 14.6 Å². The van der Waals surface area contributed by atoms with Crippen molar-refractivity contribution in [3.63, 3.8) is 0 Å². The fourth-order valence-corrected chi connectivity index (χ4v) is 3.21. The largest absolute Gasteiger partial charge is 0.362 e. The second kappa shape index (κ2) is 5.63. The fraction of sp³-hybridized carbons (Fsp3) is 0.333. The third kappa shape index (κ3) is 2.54. The number of aromatic nitrogens is 3. The Morgan fingerprint density at radius 3 is 3.05 bits per heavy atom. The van der Waals surface area contributed by atoms with Gasteiger partial charge in [-0.15, -0.1) is 11.3 Å². The summed E-state index contributed by atoms with van der Waals surface area (Å²) in [5, 5.41) is 10.0. The molecule has 0 bridgehead atoms. The highest BCUT2D eigenvalue weighted by molar-refractivity contribution is 7.10. The molecule has 5 heteroatoms. The van der Waals surface area contributed by atoms with E-state index in [2.05, 4.69) is 52.8 Å². The molecule has 0 spiro atoms. The van der Waals surface area contributed by atoms with Gasteiger partial charge in [-0.2, -0.15) is 9.61 Å². The number of hydrogen-bond donors (Lipinski definition) is 1. The van der Waals surface area contributed by atoms with E-state index in [0.717, 1.165) is 24.3 Å². The Balaban J connectivity index is 1.96. The fourth-order valence-electron chi connectivity index (χ4n) is 2.40. The number of nitrogens with zero attached hydrogens (tertiary/aromatic N) is 3. The Morgan fingerprint density at radius 1 is 1.40 bits per heavy atom. The Hall–Kier alpha value is -1.88. The summed E-state index contributed by atoms with van der Waals surface area (Å²) in [6.45, 7) is 4.30. The monoisotopic (exact) mass is 286 g/mol. The predicted octanol–water partition coefficient (Wildman–Crippen LogP) is 4.05. The minimum atomic E-state index is 0.328. The maximum atomic E-state index is 4.30. The van der Waals surface area contributed by atoms with Crippen molar-refractivity contribution in [3.05, 3.63) is 46.4 Å². The van der Waals surface area contributed by atoms with Crippen LogP contribution in [0.4, 0.5) is 5.82 Å². The molecular weight excluding hydrogens is 268 g/mol. The SMILES string of the molecule is CCCC(Nc1cc(C)cc2ncnn12)c1cccs1. The van der Waals surface area contributed by atoms with Crippen LogP contribution in [0.1, 0.15) is 36.2 Å². The second-order valence-corrected chi connectivity index (χ2v) is 5.93. The van der Waals surface area contributed by atoms with E-state index in [9.17, 15) is 0 Å². The summed E-state index contributed by atoms with van der Waals surface area (Å²) in [6.07, 6.45) is 3.84. The molecule has 0 aliphatic carbocycles. The summed E-state index contributed by atoms with van der Waals surface area (Å²) in [4.78, 5) is 5.63. The van der Waals surface area contributed by atoms with E-state index in [1.807, 2.05) is 10.6 Å². The molecule has 0 amide bonds. The van der Waals surface area contributed by atoms with Crippen LogP contribution in [0.15, 0.2) is 36.0 Å². The Bertz CT molecular complexity index is 687. The Kier molecular flexibility index (Phi) is 3.69. The van der Waals surface area contributed by atoms with Gasteiger partial charge in [-0.05, 0) is 42.5 Å². The summed E-state index contributed by atoms with van der Waals surface area (Å²) in [5.41, 5.74) is 2.07. The molecule has 4 nitrogen and oxygen atoms in total. The molecule has 0 fully saturated rings. The first-order valence-corrected chi connectivity index (χ1v) is 7.76. The van der Waals surface area contributed by atoms with Crippen LogP contribution in [0.2, 0.25) is 0 Å². The Morgan fingerprint density at radius 2 is 2.30 bits per heavy atom. The highest BCUT2D eigenvalue weighted by atomic mass is 32.1. The van der Waals surface area contributed by atoms with E-state index >= 15 is 0 Å². The highest BCUT2D eigenvalue weighted by Crippen LogP contribution is 2.27. The van der Waals surface area contributed by atoms with Crippen molar-refractivity contribution in [2.75, 3.05) is 5.32 Å². The first kappa shape index (κ1) is 13.1. The van der Waals surface area contributed by atoms with Gasteiger partial charge in [0.2, 0.25) is 0 Å². The third-order valence-corrected chi connectivity index (χ3v) is 4.30. The van der Waals surface area contributed by atoms with Crippen LogP contribution in [0.3, 0.4) is 0 Å². The molecular formula is C15H18N4S. The molecule has 0 aliphatic heterocycles. The molecule has 0 radical (unpaired) electrons. The minimum Gasteiger partial charge on any atom is -0.362 e. The van der Waals surface area contributed by atoms with Crippen molar-refractivity contribution in [2.45, 2.75) is 32.7 Å². The number of pyridine rings is 1. The zero-order valence-electron chi connectivity index (χ0n) is 11.7. The quantitative estimate of drug-likeness (QED) is 0.769. The van der Waals surface area contributed by atoms with E-state index in [1.165, 1.54) is 10.4 Å². The maximum absolute atomic E-state index is 4.30. The number of hydrogen-bond acceptors (Lipinski definition) is 4. The lowest BCUT2D eigenvalue weighted by Gasteiger charge is -2.19. The lowest BCUT2D eigenvalue weighted by molar-refractivity contribution is 0.680. The maximum Gasteiger partial charge on any atom is 0.157 e. The number of thiophene rings is 1. The zero-order chi connectivity index (χ0) is 13.9. The van der Waals surface area contributed by atoms with Gasteiger partial charge in [0, 0.05) is 4.88 Å². The number of anilines is 1. The van der Waals surface area contributed by atoms with Crippen LogP contribution >= 0.6 is 11.3 Å². The molecule has 1 atom stereocenters. The van der Waals surface area contributed by atoms with Crippen LogP contribution in [0.5, 0.6) is 0 Å². The molecule has 3 rings (SSSR count). The number of nitrogens with one attached hydrogen (secondary N) is 1. The van der Waals surface area contributed by atoms with Crippen molar-refractivity contribution in [1.29, 1.82) is 0 Å². The minimum absolute atomic E-state index is 0.328. The normalized spacial score (nSPS) is 12.7. The van der Waals surface area contributed by atoms with Crippen LogP contribution in [-0.2, 0) is 0 Å². The van der Waals surface area contributed by atoms with Crippen molar-refractivity contribution in [2.24, 2.45) is 0 Å². The van der Waals surface area contributed by atoms with Gasteiger partial charge >= 0.3 is 0 Å². The summed E-state index contributed by atoms with van der Waals surface area (Å²) in [5.74, 6) is 1.00. The number of aryl methyl sites for hydroxylation is 1. The Labute approximate surface area is 122 Å². The van der Waals surface area contributed by atoms with Gasteiger partial charge in [0.05, 0.1) is 6.04 Å². The highest BCUT2D eigenvalue weighted by Gasteiger charge is 2.14. The van der Waals surface area contributed by atoms with Crippen molar-refractivity contribution in [3.8, 4) is 0 Å². The molecule has 3 aromatic heterocycles. The predicted molar refractivity (Wildman–Crippen MR) is 83.3 cm³/mol. The molecule has 20 heavy (non-hydrogen) atoms. The molecule has 104 valence electrons.